The van der Waals surface area contributed by atoms with E-state index in [1.54, 1.807) is 0 Å². The van der Waals surface area contributed by atoms with Gasteiger partial charge in [-0.2, -0.15) is 30.7 Å². The van der Waals surface area contributed by atoms with E-state index in [1.165, 1.54) is 0 Å². The summed E-state index contributed by atoms with van der Waals surface area (Å²) in [4.78, 5) is 23.0. The lowest BCUT2D eigenvalue weighted by Crippen LogP contribution is -2.58. The molecular weight excluding hydrogens is 461 g/mol. The summed E-state index contributed by atoms with van der Waals surface area (Å²) >= 11 is 0. The van der Waals surface area contributed by atoms with Crippen LogP contribution in [0.3, 0.4) is 0 Å². The number of carbonyl (C=O) groups is 2. The van der Waals surface area contributed by atoms with Gasteiger partial charge in [-0.05, 0) is 6.42 Å². The summed E-state index contributed by atoms with van der Waals surface area (Å²) in [6.45, 7) is 3.43. The normalized spacial score (nSPS) is 15.1. The van der Waals surface area contributed by atoms with Crippen molar-refractivity contribution in [2.45, 2.75) is 36.0 Å². The van der Waals surface area contributed by atoms with Crippen LogP contribution in [0.25, 0.3) is 0 Å². The Bertz CT molecular complexity index is 763. The van der Waals surface area contributed by atoms with E-state index < -0.39 is 71.3 Å². The second kappa shape index (κ2) is 9.74. The van der Waals surface area contributed by atoms with Crippen molar-refractivity contribution in [2.24, 2.45) is 0 Å². The molecule has 0 N–H and O–H groups in total. The molecule has 0 aromatic rings. The van der Waals surface area contributed by atoms with E-state index in [0.29, 0.717) is 0 Å². The van der Waals surface area contributed by atoms with Crippen LogP contribution >= 0.6 is 0 Å². The van der Waals surface area contributed by atoms with Crippen molar-refractivity contribution >= 4 is 22.1 Å². The molecule has 0 saturated carbocycles. The van der Waals surface area contributed by atoms with Gasteiger partial charge in [0.1, 0.15) is 6.61 Å². The third-order valence-corrected chi connectivity index (χ3v) is 3.99. The van der Waals surface area contributed by atoms with Crippen molar-refractivity contribution in [1.82, 2.24) is 0 Å². The highest BCUT2D eigenvalue weighted by atomic mass is 32.2. The first-order valence-electron chi connectivity index (χ1n) is 7.45. The van der Waals surface area contributed by atoms with Crippen molar-refractivity contribution in [3.63, 3.8) is 0 Å². The lowest BCUT2D eigenvalue weighted by Gasteiger charge is -2.32. The molecule has 0 saturated heterocycles. The number of alkyl halides is 7. The fraction of sp³-hybridized carbons (Fsp3) is 0.571. The molecule has 0 rings (SSSR count). The molecule has 0 aliphatic carbocycles. The van der Waals surface area contributed by atoms with Gasteiger partial charge in [-0.15, -0.1) is 0 Å². The number of rotatable bonds is 12. The summed E-state index contributed by atoms with van der Waals surface area (Å²) < 4.78 is 136. The highest BCUT2D eigenvalue weighted by molar-refractivity contribution is 7.86. The van der Waals surface area contributed by atoms with Gasteiger partial charge in [-0.3, -0.25) is 0 Å². The van der Waals surface area contributed by atoms with E-state index in [9.17, 15) is 53.3 Å². The van der Waals surface area contributed by atoms with Gasteiger partial charge in [0.05, 0.1) is 6.61 Å². The Morgan fingerprint density at radius 1 is 1.03 bits per heavy atom. The lowest BCUT2D eigenvalue weighted by molar-refractivity contribution is -0.354. The van der Waals surface area contributed by atoms with Gasteiger partial charge < -0.3 is 18.8 Å². The average molecular weight is 475 g/mol. The van der Waals surface area contributed by atoms with E-state index in [1.807, 2.05) is 0 Å². The molecule has 0 spiro atoms. The smallest absolute Gasteiger partial charge is 0.468 e. The van der Waals surface area contributed by atoms with Gasteiger partial charge in [0, 0.05) is 12.5 Å². The average Bonchev–Trinajstić information content (AvgIpc) is 2.59. The summed E-state index contributed by atoms with van der Waals surface area (Å²) in [5.74, 6) is -14.2. The SMILES string of the molecule is C=CCOC(=O)C(OCCCC(F)(F)C(F)(F)S(=O)(=O)[O-])(OC(=O)C=C)C(F)(F)F. The zero-order chi connectivity index (χ0) is 24.0. The maximum Gasteiger partial charge on any atom is 0.468 e. The number of hydrogen-bond donors (Lipinski definition) is 0. The number of hydrogen-bond acceptors (Lipinski definition) is 8. The molecule has 0 aliphatic heterocycles. The first-order chi connectivity index (χ1) is 13.4. The number of carbonyl (C=O) groups excluding carboxylic acids is 2. The molecule has 0 heterocycles. The quantitative estimate of drug-likeness (QED) is 0.0802. The minimum absolute atomic E-state index is 0.193. The lowest BCUT2D eigenvalue weighted by atomic mass is 10.2. The van der Waals surface area contributed by atoms with Gasteiger partial charge in [0.15, 0.2) is 10.1 Å². The Morgan fingerprint density at radius 2 is 1.57 bits per heavy atom. The number of halogens is 7. The molecule has 0 aromatic heterocycles. The van der Waals surface area contributed by atoms with Gasteiger partial charge >= 0.3 is 35.1 Å². The largest absolute Gasteiger partial charge is 0.743 e. The number of ether oxygens (including phenoxy) is 3. The Hall–Kier alpha value is -2.20. The van der Waals surface area contributed by atoms with Gasteiger partial charge in [-0.1, -0.05) is 19.2 Å². The molecular formula is C14H14F7O8S-. The maximum absolute atomic E-state index is 13.4. The molecule has 174 valence electrons. The van der Waals surface area contributed by atoms with Crippen molar-refractivity contribution < 1.29 is 67.5 Å². The van der Waals surface area contributed by atoms with Crippen LogP contribution in [0.15, 0.2) is 25.3 Å². The molecule has 8 nitrogen and oxygen atoms in total. The van der Waals surface area contributed by atoms with Crippen LogP contribution in [0.4, 0.5) is 30.7 Å². The van der Waals surface area contributed by atoms with E-state index in [0.717, 1.165) is 6.08 Å². The fourth-order valence-electron chi connectivity index (χ4n) is 1.64. The third-order valence-electron chi connectivity index (χ3n) is 3.07. The summed E-state index contributed by atoms with van der Waals surface area (Å²) in [6, 6.07) is 0. The van der Waals surface area contributed by atoms with E-state index in [4.69, 9.17) is 0 Å². The summed E-state index contributed by atoms with van der Waals surface area (Å²) in [5, 5.41) is -6.07. The first kappa shape index (κ1) is 27.8. The molecule has 30 heavy (non-hydrogen) atoms. The molecule has 0 amide bonds. The standard InChI is InChI=1S/C14H15F7O8S/c1-3-7-27-10(23)12(13(17,18)19,29-9(22)4-2)28-8-5-6-11(15,16)14(20,21)30(24,25)26/h3-4H,1-2,5-8H2,(H,24,25,26)/p-1. The highest BCUT2D eigenvalue weighted by Gasteiger charge is 2.68. The maximum atomic E-state index is 13.4. The summed E-state index contributed by atoms with van der Waals surface area (Å²) in [7, 11) is -6.81. The first-order valence-corrected chi connectivity index (χ1v) is 8.85. The van der Waals surface area contributed by atoms with Crippen molar-refractivity contribution in [3.8, 4) is 0 Å². The van der Waals surface area contributed by atoms with Crippen LogP contribution in [-0.2, 0) is 33.9 Å². The Morgan fingerprint density at radius 3 is 1.97 bits per heavy atom. The van der Waals surface area contributed by atoms with Crippen LogP contribution in [0, 0.1) is 0 Å². The minimum atomic E-state index is -6.81. The van der Waals surface area contributed by atoms with E-state index >= 15 is 0 Å². The molecule has 1 unspecified atom stereocenters. The van der Waals surface area contributed by atoms with E-state index in [2.05, 4.69) is 27.4 Å². The zero-order valence-corrected chi connectivity index (χ0v) is 15.5. The van der Waals surface area contributed by atoms with Crippen molar-refractivity contribution in [2.75, 3.05) is 13.2 Å². The van der Waals surface area contributed by atoms with Gasteiger partial charge in [0.25, 0.3) is 0 Å². The Kier molecular flexibility index (Phi) is 9.02. The topological polar surface area (TPSA) is 119 Å². The van der Waals surface area contributed by atoms with Crippen LogP contribution in [-0.4, -0.2) is 61.3 Å². The van der Waals surface area contributed by atoms with Crippen LogP contribution < -0.4 is 0 Å². The molecule has 0 aromatic carbocycles. The predicted octanol–water partition coefficient (Wildman–Crippen LogP) is 2.27. The third kappa shape index (κ3) is 6.15. The molecule has 16 heteroatoms. The van der Waals surface area contributed by atoms with Crippen LogP contribution in [0.5, 0.6) is 0 Å². The minimum Gasteiger partial charge on any atom is -0.743 e. The molecule has 0 fully saturated rings. The monoisotopic (exact) mass is 475 g/mol. The highest BCUT2D eigenvalue weighted by Crippen LogP contribution is 2.42. The van der Waals surface area contributed by atoms with Crippen molar-refractivity contribution in [3.05, 3.63) is 25.3 Å². The Balaban J connectivity index is 5.63. The van der Waals surface area contributed by atoms with Crippen LogP contribution in [0.2, 0.25) is 0 Å². The van der Waals surface area contributed by atoms with Gasteiger partial charge in [0.2, 0.25) is 0 Å². The molecule has 0 radical (unpaired) electrons. The van der Waals surface area contributed by atoms with Crippen LogP contribution in [0.1, 0.15) is 12.8 Å². The predicted molar refractivity (Wildman–Crippen MR) is 81.0 cm³/mol. The fourth-order valence-corrected chi connectivity index (χ4v) is 2.10. The summed E-state index contributed by atoms with van der Waals surface area (Å²) in [6.07, 6.45) is -8.41. The summed E-state index contributed by atoms with van der Waals surface area (Å²) in [5.41, 5.74) is 0. The second-order valence-corrected chi connectivity index (χ2v) is 6.68. The van der Waals surface area contributed by atoms with Gasteiger partial charge in [-0.25, -0.2) is 18.0 Å². The second-order valence-electron chi connectivity index (χ2n) is 5.25. The molecule has 1 atom stereocenters. The molecule has 0 bridgehead atoms. The number of esters is 2. The zero-order valence-electron chi connectivity index (χ0n) is 14.7. The molecule has 0 aliphatic rings. The van der Waals surface area contributed by atoms with E-state index in [-0.39, 0.29) is 6.08 Å². The van der Waals surface area contributed by atoms with Crippen molar-refractivity contribution in [1.29, 1.82) is 0 Å². The Labute approximate surface area is 165 Å².